The highest BCUT2D eigenvalue weighted by Crippen LogP contribution is 2.29. The molecule has 0 N–H and O–H groups in total. The van der Waals surface area contributed by atoms with E-state index < -0.39 is 0 Å². The van der Waals surface area contributed by atoms with Gasteiger partial charge in [-0.1, -0.05) is 54.1 Å². The van der Waals surface area contributed by atoms with Gasteiger partial charge in [0.2, 0.25) is 0 Å². The van der Waals surface area contributed by atoms with Gasteiger partial charge in [0.15, 0.2) is 0 Å². The zero-order chi connectivity index (χ0) is 18.6. The van der Waals surface area contributed by atoms with Gasteiger partial charge < -0.3 is 4.42 Å². The molecule has 2 heterocycles. The third-order valence-corrected chi connectivity index (χ3v) is 5.09. The van der Waals surface area contributed by atoms with Gasteiger partial charge in [-0.3, -0.25) is 0 Å². The lowest BCUT2D eigenvalue weighted by Crippen LogP contribution is -1.82. The Morgan fingerprint density at radius 1 is 1.00 bits per heavy atom. The van der Waals surface area contributed by atoms with Gasteiger partial charge in [0.1, 0.15) is 22.6 Å². The first kappa shape index (κ1) is 17.3. The number of nitriles is 1. The van der Waals surface area contributed by atoms with Crippen LogP contribution in [0.15, 0.2) is 76.5 Å². The van der Waals surface area contributed by atoms with E-state index >= 15 is 0 Å². The van der Waals surface area contributed by atoms with Gasteiger partial charge in [0.05, 0.1) is 11.3 Å². The van der Waals surface area contributed by atoms with Crippen LogP contribution in [0.25, 0.3) is 34.2 Å². The molecule has 0 aliphatic heterocycles. The fraction of sp³-hybridized carbons (Fsp3) is 0. The number of thiazole rings is 1. The lowest BCUT2D eigenvalue weighted by atomic mass is 10.2. The minimum atomic E-state index is 0.467. The summed E-state index contributed by atoms with van der Waals surface area (Å²) in [4.78, 5) is 4.59. The molecule has 0 unspecified atom stereocenters. The van der Waals surface area contributed by atoms with Gasteiger partial charge in [-0.15, -0.1) is 11.3 Å². The van der Waals surface area contributed by atoms with Crippen LogP contribution in [0.3, 0.4) is 0 Å². The number of nitrogens with zero attached hydrogens (tertiary/aromatic N) is 2. The number of hydrogen-bond donors (Lipinski definition) is 0. The summed E-state index contributed by atoms with van der Waals surface area (Å²) < 4.78 is 5.86. The van der Waals surface area contributed by atoms with Crippen molar-refractivity contribution in [1.82, 2.24) is 4.98 Å². The highest BCUT2D eigenvalue weighted by molar-refractivity contribution is 7.11. The Labute approximate surface area is 165 Å². The number of allylic oxidation sites excluding steroid dienone is 1. The van der Waals surface area contributed by atoms with Crippen LogP contribution in [-0.4, -0.2) is 4.98 Å². The highest BCUT2D eigenvalue weighted by Gasteiger charge is 2.11. The second-order valence-electron chi connectivity index (χ2n) is 5.78. The molecule has 0 amide bonds. The molecule has 2 aromatic heterocycles. The maximum absolute atomic E-state index is 9.57. The van der Waals surface area contributed by atoms with Gasteiger partial charge in [-0.2, -0.15) is 5.26 Å². The van der Waals surface area contributed by atoms with Gasteiger partial charge in [0, 0.05) is 27.6 Å². The number of benzene rings is 2. The second-order valence-corrected chi connectivity index (χ2v) is 7.08. The monoisotopic (exact) mass is 388 g/mol. The van der Waals surface area contributed by atoms with Crippen LogP contribution in [-0.2, 0) is 0 Å². The molecule has 0 saturated carbocycles. The summed E-state index contributed by atoms with van der Waals surface area (Å²) in [6, 6.07) is 23.3. The number of furan rings is 1. The van der Waals surface area contributed by atoms with E-state index in [-0.39, 0.29) is 0 Å². The molecule has 4 rings (SSSR count). The van der Waals surface area contributed by atoms with Crippen LogP contribution in [0.4, 0.5) is 0 Å². The molecule has 0 aliphatic rings. The largest absolute Gasteiger partial charge is 0.457 e. The third kappa shape index (κ3) is 3.85. The molecule has 3 nitrogen and oxygen atoms in total. The molecule has 0 fully saturated rings. The minimum absolute atomic E-state index is 0.467. The van der Waals surface area contributed by atoms with Crippen molar-refractivity contribution in [2.75, 3.05) is 0 Å². The first-order valence-corrected chi connectivity index (χ1v) is 9.47. The number of halogens is 1. The van der Waals surface area contributed by atoms with Crippen LogP contribution in [0.2, 0.25) is 5.02 Å². The van der Waals surface area contributed by atoms with Crippen LogP contribution >= 0.6 is 22.9 Å². The lowest BCUT2D eigenvalue weighted by molar-refractivity contribution is 0.572. The molecule has 0 aliphatic carbocycles. The SMILES string of the molecule is N#C/C(=C\c1ccc(-c2ccccc2)o1)c1nc(-c2ccc(Cl)cc2)cs1. The Morgan fingerprint density at radius 3 is 2.52 bits per heavy atom. The van der Waals surface area contributed by atoms with Crippen molar-refractivity contribution >= 4 is 34.6 Å². The van der Waals surface area contributed by atoms with Crippen molar-refractivity contribution in [3.8, 4) is 28.7 Å². The molecule has 27 heavy (non-hydrogen) atoms. The lowest BCUT2D eigenvalue weighted by Gasteiger charge is -1.97. The van der Waals surface area contributed by atoms with E-state index in [2.05, 4.69) is 11.1 Å². The summed E-state index contributed by atoms with van der Waals surface area (Å²) in [5.74, 6) is 1.38. The molecule has 0 saturated heterocycles. The van der Waals surface area contributed by atoms with Crippen molar-refractivity contribution in [2.45, 2.75) is 0 Å². The zero-order valence-corrected chi connectivity index (χ0v) is 15.7. The van der Waals surface area contributed by atoms with Crippen LogP contribution in [0, 0.1) is 11.3 Å². The molecular formula is C22H13ClN2OS. The van der Waals surface area contributed by atoms with Crippen molar-refractivity contribution in [3.63, 3.8) is 0 Å². The second kappa shape index (κ2) is 7.63. The Balaban J connectivity index is 1.62. The molecule has 0 radical (unpaired) electrons. The Bertz CT molecular complexity index is 1140. The summed E-state index contributed by atoms with van der Waals surface area (Å²) in [7, 11) is 0. The van der Waals surface area contributed by atoms with Crippen molar-refractivity contribution in [2.24, 2.45) is 0 Å². The molecule has 130 valence electrons. The van der Waals surface area contributed by atoms with E-state index in [1.54, 1.807) is 6.08 Å². The summed E-state index contributed by atoms with van der Waals surface area (Å²) in [5, 5.41) is 12.8. The number of rotatable bonds is 4. The van der Waals surface area contributed by atoms with E-state index in [1.807, 2.05) is 72.1 Å². The molecular weight excluding hydrogens is 376 g/mol. The van der Waals surface area contributed by atoms with E-state index in [9.17, 15) is 5.26 Å². The molecule has 4 aromatic rings. The molecule has 0 atom stereocenters. The van der Waals surface area contributed by atoms with Crippen molar-refractivity contribution in [3.05, 3.63) is 87.9 Å². The standard InChI is InChI=1S/C22H13ClN2OS/c23-18-8-6-15(7-9-18)20-14-27-22(25-20)17(13-24)12-19-10-11-21(26-19)16-4-2-1-3-5-16/h1-12,14H/b17-12+. The number of aromatic nitrogens is 1. The van der Waals surface area contributed by atoms with Crippen LogP contribution in [0.1, 0.15) is 10.8 Å². The minimum Gasteiger partial charge on any atom is -0.457 e. The Kier molecular flexibility index (Phi) is 4.88. The van der Waals surface area contributed by atoms with E-state index in [1.165, 1.54) is 11.3 Å². The van der Waals surface area contributed by atoms with Crippen molar-refractivity contribution < 1.29 is 4.42 Å². The van der Waals surface area contributed by atoms with Gasteiger partial charge in [-0.05, 0) is 24.3 Å². The predicted molar refractivity (Wildman–Crippen MR) is 110 cm³/mol. The maximum atomic E-state index is 9.57. The fourth-order valence-corrected chi connectivity index (χ4v) is 3.54. The summed E-state index contributed by atoms with van der Waals surface area (Å²) in [6.45, 7) is 0. The van der Waals surface area contributed by atoms with Crippen LogP contribution in [0.5, 0.6) is 0 Å². The molecule has 0 bridgehead atoms. The van der Waals surface area contributed by atoms with E-state index in [0.29, 0.717) is 21.4 Å². The molecule has 2 aromatic carbocycles. The Hall–Kier alpha value is -3.13. The predicted octanol–water partition coefficient (Wildman–Crippen LogP) is 6.79. The van der Waals surface area contributed by atoms with Crippen molar-refractivity contribution in [1.29, 1.82) is 5.26 Å². The first-order chi connectivity index (χ1) is 13.2. The Morgan fingerprint density at radius 2 is 1.78 bits per heavy atom. The molecule has 0 spiro atoms. The topological polar surface area (TPSA) is 49.8 Å². The summed E-state index contributed by atoms with van der Waals surface area (Å²) in [5.41, 5.74) is 3.24. The van der Waals surface area contributed by atoms with Crippen LogP contribution < -0.4 is 0 Å². The van der Waals surface area contributed by atoms with Gasteiger partial charge >= 0.3 is 0 Å². The first-order valence-electron chi connectivity index (χ1n) is 8.22. The maximum Gasteiger partial charge on any atom is 0.134 e. The van der Waals surface area contributed by atoms with E-state index in [4.69, 9.17) is 16.0 Å². The third-order valence-electron chi connectivity index (χ3n) is 3.97. The molecule has 5 heteroatoms. The van der Waals surface area contributed by atoms with E-state index in [0.717, 1.165) is 22.6 Å². The highest BCUT2D eigenvalue weighted by atomic mass is 35.5. The van der Waals surface area contributed by atoms with Gasteiger partial charge in [-0.25, -0.2) is 4.98 Å². The smallest absolute Gasteiger partial charge is 0.134 e. The fourth-order valence-electron chi connectivity index (χ4n) is 2.62. The average Bonchev–Trinajstić information content (AvgIpc) is 3.37. The number of hydrogen-bond acceptors (Lipinski definition) is 4. The normalized spacial score (nSPS) is 11.3. The summed E-state index contributed by atoms with van der Waals surface area (Å²) in [6.07, 6.45) is 1.72. The average molecular weight is 389 g/mol. The summed E-state index contributed by atoms with van der Waals surface area (Å²) >= 11 is 7.36. The quantitative estimate of drug-likeness (QED) is 0.362. The zero-order valence-electron chi connectivity index (χ0n) is 14.1. The van der Waals surface area contributed by atoms with Gasteiger partial charge in [0.25, 0.3) is 0 Å².